The second-order valence-corrected chi connectivity index (χ2v) is 5.42. The molecule has 0 spiro atoms. The van der Waals surface area contributed by atoms with Gasteiger partial charge in [-0.1, -0.05) is 0 Å². The fraction of sp³-hybridized carbons (Fsp3) is 0.400. The van der Waals surface area contributed by atoms with E-state index >= 15 is 0 Å². The number of allylic oxidation sites excluding steroid dienone is 2. The van der Waals surface area contributed by atoms with Crippen molar-refractivity contribution in [2.24, 2.45) is 4.99 Å². The number of anilines is 1. The number of carbonyl (C=O) groups excluding carboxylic acids is 1. The van der Waals surface area contributed by atoms with Crippen LogP contribution in [0.4, 0.5) is 11.5 Å². The van der Waals surface area contributed by atoms with E-state index < -0.39 is 0 Å². The summed E-state index contributed by atoms with van der Waals surface area (Å²) in [5.41, 5.74) is 6.69. The second-order valence-electron chi connectivity index (χ2n) is 5.42. The van der Waals surface area contributed by atoms with Crippen LogP contribution in [0, 0.1) is 0 Å². The van der Waals surface area contributed by atoms with Gasteiger partial charge in [0.15, 0.2) is 17.3 Å². The van der Waals surface area contributed by atoms with Crippen molar-refractivity contribution < 1.29 is 14.6 Å². The van der Waals surface area contributed by atoms with Crippen molar-refractivity contribution in [3.05, 3.63) is 34.0 Å². The Labute approximate surface area is 137 Å². The maximum absolute atomic E-state index is 12.4. The van der Waals surface area contributed by atoms with E-state index in [1.807, 2.05) is 0 Å². The number of carbonyl (C=O) groups is 1. The normalized spacial score (nSPS) is 18.4. The number of rotatable bonds is 5. The Morgan fingerprint density at radius 3 is 2.75 bits per heavy atom. The minimum Gasteiger partial charge on any atom is -0.493 e. The van der Waals surface area contributed by atoms with Crippen LogP contribution < -0.4 is 16.6 Å². The molecule has 1 aromatic heterocycles. The Morgan fingerprint density at radius 1 is 1.33 bits per heavy atom. The largest absolute Gasteiger partial charge is 0.493 e. The molecule has 9 nitrogen and oxygen atoms in total. The molecule has 0 amide bonds. The number of nitrogens with two attached hydrogens (primary N) is 1. The van der Waals surface area contributed by atoms with Crippen LogP contribution in [0.25, 0.3) is 0 Å². The number of aromatic nitrogens is 2. The number of hydrogen-bond donors (Lipinski definition) is 3. The Bertz CT molecular complexity index is 828. The quantitative estimate of drug-likeness (QED) is 0.611. The van der Waals surface area contributed by atoms with Crippen LogP contribution in [0.15, 0.2) is 33.4 Å². The Balaban J connectivity index is 2.06. The summed E-state index contributed by atoms with van der Waals surface area (Å²) in [5, 5.41) is 11.9. The molecule has 0 unspecified atom stereocenters. The average molecular weight is 333 g/mol. The number of ether oxygens (including phenoxy) is 1. The van der Waals surface area contributed by atoms with Crippen LogP contribution in [0.2, 0.25) is 0 Å². The zero-order valence-electron chi connectivity index (χ0n) is 13.3. The van der Waals surface area contributed by atoms with Gasteiger partial charge in [-0.3, -0.25) is 14.3 Å². The van der Waals surface area contributed by atoms with Crippen molar-refractivity contribution in [1.82, 2.24) is 14.7 Å². The lowest BCUT2D eigenvalue weighted by Crippen LogP contribution is -2.27. The van der Waals surface area contributed by atoms with Crippen molar-refractivity contribution in [1.29, 1.82) is 0 Å². The van der Waals surface area contributed by atoms with Crippen LogP contribution in [-0.4, -0.2) is 46.2 Å². The van der Waals surface area contributed by atoms with Gasteiger partial charge in [0.2, 0.25) is 5.78 Å². The molecule has 128 valence electrons. The number of fused-ring (bicyclic) bond motifs is 1. The van der Waals surface area contributed by atoms with Crippen LogP contribution in [0.3, 0.4) is 0 Å². The fourth-order valence-electron chi connectivity index (χ4n) is 2.79. The topological polar surface area (TPSA) is 124 Å². The number of nitrogens with one attached hydrogen (secondary N) is 1. The molecule has 3 rings (SSSR count). The van der Waals surface area contributed by atoms with Gasteiger partial charge < -0.3 is 20.9 Å². The molecule has 1 aliphatic heterocycles. The summed E-state index contributed by atoms with van der Waals surface area (Å²) in [6.07, 6.45) is 3.64. The molecule has 2 aliphatic rings. The summed E-state index contributed by atoms with van der Waals surface area (Å²) in [6, 6.07) is 0. The first-order chi connectivity index (χ1) is 11.6. The third-order valence-electron chi connectivity index (χ3n) is 3.93. The number of hydrogen-bond acceptors (Lipinski definition) is 7. The SMILES string of the molecule is COC1=C/C(=N\c2c(N)n3n(c2=O)CCC3)C(NCCO)=CC1=O. The maximum Gasteiger partial charge on any atom is 0.294 e. The third-order valence-corrected chi connectivity index (χ3v) is 3.93. The second kappa shape index (κ2) is 6.36. The highest BCUT2D eigenvalue weighted by molar-refractivity contribution is 6.21. The lowest BCUT2D eigenvalue weighted by Gasteiger charge is -2.15. The van der Waals surface area contributed by atoms with Crippen molar-refractivity contribution in [3.63, 3.8) is 0 Å². The number of nitrogen functional groups attached to an aromatic ring is 1. The van der Waals surface area contributed by atoms with E-state index in [9.17, 15) is 9.59 Å². The first-order valence-electron chi connectivity index (χ1n) is 7.61. The molecule has 24 heavy (non-hydrogen) atoms. The van der Waals surface area contributed by atoms with Gasteiger partial charge in [-0.2, -0.15) is 0 Å². The molecule has 2 heterocycles. The number of aliphatic hydroxyl groups is 1. The standard InChI is InChI=1S/C15H19N5O4/c1-24-12-8-10(9(7-11(12)22)17-3-6-21)18-13-14(16)19-4-2-5-20(19)15(13)23/h7-8,17,21H,2-6,16H2,1H3/b18-10+. The number of aliphatic imine (C=N–C) groups is 1. The van der Waals surface area contributed by atoms with Crippen LogP contribution in [0.5, 0.6) is 0 Å². The van der Waals surface area contributed by atoms with Gasteiger partial charge in [-0.25, -0.2) is 9.67 Å². The van der Waals surface area contributed by atoms with Gasteiger partial charge in [-0.15, -0.1) is 0 Å². The third kappa shape index (κ3) is 2.62. The first-order valence-corrected chi connectivity index (χ1v) is 7.61. The number of ketones is 1. The number of aliphatic hydroxyl groups excluding tert-OH is 1. The summed E-state index contributed by atoms with van der Waals surface area (Å²) in [6.45, 7) is 1.42. The van der Waals surface area contributed by atoms with Gasteiger partial charge in [0.1, 0.15) is 0 Å². The zero-order chi connectivity index (χ0) is 17.3. The zero-order valence-corrected chi connectivity index (χ0v) is 13.3. The van der Waals surface area contributed by atoms with Gasteiger partial charge in [0, 0.05) is 31.8 Å². The molecule has 1 aliphatic carbocycles. The van der Waals surface area contributed by atoms with Crippen LogP contribution in [0.1, 0.15) is 6.42 Å². The highest BCUT2D eigenvalue weighted by Gasteiger charge is 2.24. The van der Waals surface area contributed by atoms with Crippen LogP contribution >= 0.6 is 0 Å². The summed E-state index contributed by atoms with van der Waals surface area (Å²) >= 11 is 0. The van der Waals surface area contributed by atoms with Gasteiger partial charge >= 0.3 is 0 Å². The molecule has 0 bridgehead atoms. The van der Waals surface area contributed by atoms with Crippen LogP contribution in [-0.2, 0) is 22.6 Å². The Morgan fingerprint density at radius 2 is 2.08 bits per heavy atom. The van der Waals surface area contributed by atoms with E-state index in [1.165, 1.54) is 19.3 Å². The van der Waals surface area contributed by atoms with Gasteiger partial charge in [0.25, 0.3) is 5.56 Å². The molecular weight excluding hydrogens is 314 g/mol. The highest BCUT2D eigenvalue weighted by atomic mass is 16.5. The summed E-state index contributed by atoms with van der Waals surface area (Å²) in [5.74, 6) is 0.102. The maximum atomic E-state index is 12.4. The highest BCUT2D eigenvalue weighted by Crippen LogP contribution is 2.24. The molecule has 1 aromatic rings. The lowest BCUT2D eigenvalue weighted by molar-refractivity contribution is -0.114. The van der Waals surface area contributed by atoms with Crippen molar-refractivity contribution >= 4 is 23.0 Å². The van der Waals surface area contributed by atoms with E-state index in [0.717, 1.165) is 6.42 Å². The monoisotopic (exact) mass is 333 g/mol. The summed E-state index contributed by atoms with van der Waals surface area (Å²) in [4.78, 5) is 28.7. The minimum absolute atomic E-state index is 0.106. The number of nitrogens with zero attached hydrogens (tertiary/aromatic N) is 3. The van der Waals surface area contributed by atoms with E-state index in [-0.39, 0.29) is 35.9 Å². The lowest BCUT2D eigenvalue weighted by atomic mass is 10.1. The van der Waals surface area contributed by atoms with E-state index in [1.54, 1.807) is 9.36 Å². The van der Waals surface area contributed by atoms with Crippen molar-refractivity contribution in [2.75, 3.05) is 26.0 Å². The molecule has 0 radical (unpaired) electrons. The average Bonchev–Trinajstić information content (AvgIpc) is 3.14. The predicted octanol–water partition coefficient (Wildman–Crippen LogP) is -0.713. The molecule has 0 atom stereocenters. The molecule has 9 heteroatoms. The molecule has 4 N–H and O–H groups in total. The summed E-state index contributed by atoms with van der Waals surface area (Å²) in [7, 11) is 1.39. The molecule has 0 fully saturated rings. The van der Waals surface area contributed by atoms with E-state index in [4.69, 9.17) is 15.6 Å². The Kier molecular flexibility index (Phi) is 4.26. The molecular formula is C15H19N5O4. The first kappa shape index (κ1) is 16.1. The van der Waals surface area contributed by atoms with Crippen molar-refractivity contribution in [3.8, 4) is 0 Å². The van der Waals surface area contributed by atoms with Crippen molar-refractivity contribution in [2.45, 2.75) is 19.5 Å². The smallest absolute Gasteiger partial charge is 0.294 e. The van der Waals surface area contributed by atoms with Gasteiger partial charge in [-0.05, 0) is 6.42 Å². The fourth-order valence-corrected chi connectivity index (χ4v) is 2.79. The summed E-state index contributed by atoms with van der Waals surface area (Å²) < 4.78 is 8.31. The number of methoxy groups -OCH3 is 1. The molecule has 0 aromatic carbocycles. The molecule has 0 saturated carbocycles. The Hall–Kier alpha value is -2.81. The van der Waals surface area contributed by atoms with Gasteiger partial charge in [0.05, 0.1) is 25.1 Å². The van der Waals surface area contributed by atoms with E-state index in [2.05, 4.69) is 10.3 Å². The predicted molar refractivity (Wildman–Crippen MR) is 88.1 cm³/mol. The molecule has 0 saturated heterocycles. The van der Waals surface area contributed by atoms with E-state index in [0.29, 0.717) is 30.3 Å². The minimum atomic E-state index is -0.319.